The Labute approximate surface area is 175 Å². The lowest BCUT2D eigenvalue weighted by atomic mass is 10.1. The smallest absolute Gasteiger partial charge is 0.330 e. The molecule has 2 rings (SSSR count). The number of carbonyl (C=O) groups is 1. The van der Waals surface area contributed by atoms with Crippen LogP contribution in [-0.4, -0.2) is 42.3 Å². The van der Waals surface area contributed by atoms with Gasteiger partial charge >= 0.3 is 5.69 Å². The molecule has 0 fully saturated rings. The topological polar surface area (TPSA) is 120 Å². The number of H-pyrrole nitrogens is 1. The molecule has 0 saturated heterocycles. The van der Waals surface area contributed by atoms with Crippen LogP contribution in [0.4, 0.5) is 11.5 Å². The molecule has 1 amide bonds. The number of para-hydroxylation sites is 1. The van der Waals surface area contributed by atoms with E-state index in [4.69, 9.17) is 15.2 Å². The van der Waals surface area contributed by atoms with Gasteiger partial charge in [-0.15, -0.1) is 0 Å². The number of hydrogen-bond donors (Lipinski definition) is 2. The van der Waals surface area contributed by atoms with E-state index in [-0.39, 0.29) is 31.3 Å². The molecule has 1 aromatic carbocycles. The van der Waals surface area contributed by atoms with Gasteiger partial charge in [-0.1, -0.05) is 38.5 Å². The number of unbranched alkanes of at least 4 members (excludes halogenated alkanes) is 1. The molecule has 0 aliphatic heterocycles. The van der Waals surface area contributed by atoms with Gasteiger partial charge in [0.05, 0.1) is 6.61 Å². The van der Waals surface area contributed by atoms with Crippen molar-refractivity contribution in [1.82, 2.24) is 9.55 Å². The van der Waals surface area contributed by atoms with Gasteiger partial charge in [-0.2, -0.15) is 0 Å². The normalized spacial score (nSPS) is 10.8. The van der Waals surface area contributed by atoms with Crippen LogP contribution >= 0.6 is 0 Å². The third-order valence-electron chi connectivity index (χ3n) is 4.74. The first-order valence-corrected chi connectivity index (χ1v) is 10.1. The molecule has 0 bridgehead atoms. The molecule has 2 aromatic rings. The summed E-state index contributed by atoms with van der Waals surface area (Å²) in [6.07, 6.45) is 2.31. The van der Waals surface area contributed by atoms with Crippen LogP contribution < -0.4 is 26.6 Å². The largest absolute Gasteiger partial charge is 0.483 e. The number of aromatic nitrogens is 2. The summed E-state index contributed by atoms with van der Waals surface area (Å²) < 4.78 is 12.1. The minimum Gasteiger partial charge on any atom is -0.483 e. The van der Waals surface area contributed by atoms with Crippen molar-refractivity contribution in [3.05, 3.63) is 50.7 Å². The quantitative estimate of drug-likeness (QED) is 0.571. The lowest BCUT2D eigenvalue weighted by Gasteiger charge is -2.24. The van der Waals surface area contributed by atoms with Gasteiger partial charge in [-0.25, -0.2) is 4.79 Å². The highest BCUT2D eigenvalue weighted by Gasteiger charge is 2.24. The molecule has 9 heteroatoms. The molecule has 0 spiro atoms. The molecule has 0 aliphatic carbocycles. The molecule has 0 aliphatic rings. The maximum absolute atomic E-state index is 13.0. The van der Waals surface area contributed by atoms with E-state index in [0.717, 1.165) is 18.4 Å². The van der Waals surface area contributed by atoms with Crippen molar-refractivity contribution in [2.24, 2.45) is 0 Å². The summed E-state index contributed by atoms with van der Waals surface area (Å²) in [6.45, 7) is 4.31. The Bertz CT molecular complexity index is 967. The van der Waals surface area contributed by atoms with E-state index in [0.29, 0.717) is 18.7 Å². The van der Waals surface area contributed by atoms with E-state index in [2.05, 4.69) is 4.98 Å². The minimum absolute atomic E-state index is 0.0457. The first-order chi connectivity index (χ1) is 14.4. The van der Waals surface area contributed by atoms with Crippen molar-refractivity contribution >= 4 is 17.4 Å². The summed E-state index contributed by atoms with van der Waals surface area (Å²) in [7, 11) is 1.49. The molecule has 0 atom stereocenters. The second-order valence-corrected chi connectivity index (χ2v) is 6.79. The number of nitrogens with one attached hydrogen (secondary N) is 1. The van der Waals surface area contributed by atoms with Crippen LogP contribution in [0.3, 0.4) is 0 Å². The summed E-state index contributed by atoms with van der Waals surface area (Å²) in [4.78, 5) is 41.2. The highest BCUT2D eigenvalue weighted by molar-refractivity contribution is 5.96. The first-order valence-electron chi connectivity index (χ1n) is 10.1. The van der Waals surface area contributed by atoms with Crippen molar-refractivity contribution < 1.29 is 14.3 Å². The van der Waals surface area contributed by atoms with E-state index in [1.165, 1.54) is 16.6 Å². The minimum atomic E-state index is -0.719. The van der Waals surface area contributed by atoms with Crippen molar-refractivity contribution in [3.63, 3.8) is 0 Å². The van der Waals surface area contributed by atoms with Crippen molar-refractivity contribution in [1.29, 1.82) is 0 Å². The van der Waals surface area contributed by atoms with Gasteiger partial charge in [-0.05, 0) is 24.5 Å². The van der Waals surface area contributed by atoms with Crippen LogP contribution in [0.15, 0.2) is 33.9 Å². The van der Waals surface area contributed by atoms with Gasteiger partial charge in [0, 0.05) is 20.2 Å². The Hall–Kier alpha value is -3.07. The summed E-state index contributed by atoms with van der Waals surface area (Å²) in [6, 6.07) is 7.44. The third kappa shape index (κ3) is 5.50. The molecule has 3 N–H and O–H groups in total. The number of nitrogens with two attached hydrogens (primary N) is 1. The number of carbonyl (C=O) groups excluding carboxylic acids is 1. The number of aromatic amines is 1. The van der Waals surface area contributed by atoms with E-state index >= 15 is 0 Å². The fraction of sp³-hybridized carbons (Fsp3) is 0.476. The predicted octanol–water partition coefficient (Wildman–Crippen LogP) is 1.54. The van der Waals surface area contributed by atoms with Gasteiger partial charge in [0.1, 0.15) is 11.6 Å². The van der Waals surface area contributed by atoms with Crippen LogP contribution in [0.5, 0.6) is 5.75 Å². The summed E-state index contributed by atoms with van der Waals surface area (Å²) in [5.41, 5.74) is 5.74. The third-order valence-corrected chi connectivity index (χ3v) is 4.74. The van der Waals surface area contributed by atoms with Crippen LogP contribution in [0.1, 0.15) is 32.3 Å². The number of amides is 1. The maximum atomic E-state index is 13.0. The number of nitrogens with zero attached hydrogens (tertiary/aromatic N) is 2. The number of rotatable bonds is 11. The average molecular weight is 418 g/mol. The number of aryl methyl sites for hydroxylation is 1. The number of methoxy groups -OCH3 is 1. The van der Waals surface area contributed by atoms with Gasteiger partial charge in [0.2, 0.25) is 0 Å². The molecular weight excluding hydrogens is 388 g/mol. The Balaban J connectivity index is 2.36. The first kappa shape index (κ1) is 23.2. The van der Waals surface area contributed by atoms with E-state index in [1.54, 1.807) is 6.07 Å². The van der Waals surface area contributed by atoms with Crippen LogP contribution in [0.25, 0.3) is 0 Å². The number of hydrogen-bond acceptors (Lipinski definition) is 6. The number of nitrogen functional groups attached to an aromatic ring is 1. The monoisotopic (exact) mass is 418 g/mol. The number of anilines is 2. The van der Waals surface area contributed by atoms with Crippen molar-refractivity contribution in [2.75, 3.05) is 37.5 Å². The van der Waals surface area contributed by atoms with E-state index < -0.39 is 17.2 Å². The van der Waals surface area contributed by atoms with Crippen molar-refractivity contribution in [2.45, 2.75) is 39.7 Å². The Morgan fingerprint density at radius 2 is 1.97 bits per heavy atom. The molecule has 1 aromatic heterocycles. The van der Waals surface area contributed by atoms with Crippen molar-refractivity contribution in [3.8, 4) is 5.75 Å². The zero-order chi connectivity index (χ0) is 22.1. The van der Waals surface area contributed by atoms with E-state index in [9.17, 15) is 14.4 Å². The molecule has 0 saturated carbocycles. The molecule has 164 valence electrons. The second kappa shape index (κ2) is 11.2. The predicted molar refractivity (Wildman–Crippen MR) is 116 cm³/mol. The molecule has 1 heterocycles. The SMILES string of the molecule is CCCCn1c(N)c(N(CCOC)C(=O)COc2ccccc2CC)c(=O)[nH]c1=O. The van der Waals surface area contributed by atoms with Gasteiger partial charge in [-0.3, -0.25) is 24.0 Å². The fourth-order valence-corrected chi connectivity index (χ4v) is 3.07. The summed E-state index contributed by atoms with van der Waals surface area (Å²) in [5, 5.41) is 0. The Kier molecular flexibility index (Phi) is 8.67. The molecule has 9 nitrogen and oxygen atoms in total. The standard InChI is InChI=1S/C21H30N4O5/c1-4-6-11-25-19(22)18(20(27)23-21(25)28)24(12-13-29-3)17(26)14-30-16-10-8-7-9-15(16)5-2/h7-10H,4-6,11-14,22H2,1-3H3,(H,23,27,28). The Morgan fingerprint density at radius 3 is 2.63 bits per heavy atom. The highest BCUT2D eigenvalue weighted by Crippen LogP contribution is 2.20. The van der Waals surface area contributed by atoms with Gasteiger partial charge in [0.15, 0.2) is 12.3 Å². The van der Waals surface area contributed by atoms with Crippen LogP contribution in [0.2, 0.25) is 0 Å². The van der Waals surface area contributed by atoms with Crippen LogP contribution in [-0.2, 0) is 22.5 Å². The highest BCUT2D eigenvalue weighted by atomic mass is 16.5. The molecule has 0 radical (unpaired) electrons. The van der Waals surface area contributed by atoms with Gasteiger partial charge < -0.3 is 15.2 Å². The maximum Gasteiger partial charge on any atom is 0.330 e. The Morgan fingerprint density at radius 1 is 1.23 bits per heavy atom. The fourth-order valence-electron chi connectivity index (χ4n) is 3.07. The van der Waals surface area contributed by atoms with Gasteiger partial charge in [0.25, 0.3) is 11.5 Å². The number of ether oxygens (including phenoxy) is 2. The second-order valence-electron chi connectivity index (χ2n) is 6.79. The molecular formula is C21H30N4O5. The summed E-state index contributed by atoms with van der Waals surface area (Å²) in [5.74, 6) is 0.0984. The average Bonchev–Trinajstić information content (AvgIpc) is 2.74. The zero-order valence-electron chi connectivity index (χ0n) is 17.8. The lowest BCUT2D eigenvalue weighted by molar-refractivity contribution is -0.120. The lowest BCUT2D eigenvalue weighted by Crippen LogP contribution is -2.44. The number of benzene rings is 1. The molecule has 30 heavy (non-hydrogen) atoms. The zero-order valence-corrected chi connectivity index (χ0v) is 17.8. The van der Waals surface area contributed by atoms with E-state index in [1.807, 2.05) is 32.0 Å². The van der Waals surface area contributed by atoms with Crippen LogP contribution in [0, 0.1) is 0 Å². The summed E-state index contributed by atoms with van der Waals surface area (Å²) >= 11 is 0. The molecule has 0 unspecified atom stereocenters.